The van der Waals surface area contributed by atoms with Crippen molar-refractivity contribution in [2.75, 3.05) is 0 Å². The lowest BCUT2D eigenvalue weighted by atomic mass is 9.88. The molecule has 7 heteroatoms. The Kier molecular flexibility index (Phi) is 11.2. The van der Waals surface area contributed by atoms with Crippen molar-refractivity contribution in [3.8, 4) is 56.8 Å². The molecule has 0 radical (unpaired) electrons. The van der Waals surface area contributed by atoms with Gasteiger partial charge in [0.25, 0.3) is 0 Å². The molecule has 0 atom stereocenters. The summed E-state index contributed by atoms with van der Waals surface area (Å²) in [4.78, 5) is 10.2. The largest absolute Gasteiger partial charge is 0.457 e. The number of benzene rings is 10. The molecule has 0 fully saturated rings. The van der Waals surface area contributed by atoms with Gasteiger partial charge in [0.15, 0.2) is 0 Å². The van der Waals surface area contributed by atoms with Crippen molar-refractivity contribution >= 4 is 87.2 Å². The molecule has 0 N–H and O–H groups in total. The van der Waals surface area contributed by atoms with Crippen LogP contribution < -0.4 is 4.74 Å². The molecule has 0 aliphatic heterocycles. The lowest BCUT2D eigenvalue weighted by molar-refractivity contribution is 0.484. The van der Waals surface area contributed by atoms with E-state index in [-0.39, 0.29) is 10.8 Å². The number of fused-ring (bicyclic) bond motifs is 12. The van der Waals surface area contributed by atoms with Crippen LogP contribution in [0.25, 0.3) is 132 Å². The highest BCUT2D eigenvalue weighted by atomic mass is 16.5. The molecule has 0 saturated heterocycles. The fraction of sp³-hybridized carbons (Fsp3) is 0.103. The maximum absolute atomic E-state index is 7.10. The highest BCUT2D eigenvalue weighted by Crippen LogP contribution is 2.45. The SMILES string of the molecule is CC(C)(C)c1ccnc(-n2c3ccc(-c4cccc5c6ccccc6n(-c6ccccc6)c45)cc3c3ccc(Oc4ccc5c6cc(-c7cccc8c9ccccc9n(-c9ccccc9)c78)ccc6n(-c6cc(C(C)(C)C)ccn6)c5c4)cc32)c1. The number of ether oxygens (including phenoxy) is 1. The van der Waals surface area contributed by atoms with Gasteiger partial charge < -0.3 is 13.9 Å². The minimum atomic E-state index is -0.0855. The van der Waals surface area contributed by atoms with Gasteiger partial charge in [-0.05, 0) is 142 Å². The van der Waals surface area contributed by atoms with E-state index < -0.39 is 0 Å². The topological polar surface area (TPSA) is 54.7 Å². The molecule has 85 heavy (non-hydrogen) atoms. The molecule has 0 amide bonds. The van der Waals surface area contributed by atoms with Crippen LogP contribution in [0.3, 0.4) is 0 Å². The number of hydrogen-bond donors (Lipinski definition) is 0. The molecule has 0 spiro atoms. The van der Waals surface area contributed by atoms with Crippen molar-refractivity contribution in [2.45, 2.75) is 52.4 Å². The average molecular weight is 1100 g/mol. The molecule has 16 rings (SSSR count). The predicted octanol–water partition coefficient (Wildman–Crippen LogP) is 20.6. The van der Waals surface area contributed by atoms with E-state index in [2.05, 4.69) is 302 Å². The van der Waals surface area contributed by atoms with Gasteiger partial charge in [0.05, 0.1) is 44.1 Å². The quantitative estimate of drug-likeness (QED) is 0.152. The van der Waals surface area contributed by atoms with Crippen LogP contribution in [0.1, 0.15) is 52.7 Å². The molecule has 10 aromatic carbocycles. The smallest absolute Gasteiger partial charge is 0.137 e. The summed E-state index contributed by atoms with van der Waals surface area (Å²) in [7, 11) is 0. The summed E-state index contributed by atoms with van der Waals surface area (Å²) in [6.07, 6.45) is 3.89. The predicted molar refractivity (Wildman–Crippen MR) is 354 cm³/mol. The zero-order valence-electron chi connectivity index (χ0n) is 48.3. The summed E-state index contributed by atoms with van der Waals surface area (Å²) >= 11 is 0. The summed E-state index contributed by atoms with van der Waals surface area (Å²) in [5.41, 5.74) is 18.0. The third-order valence-electron chi connectivity index (χ3n) is 17.4. The van der Waals surface area contributed by atoms with Crippen molar-refractivity contribution in [3.63, 3.8) is 0 Å². The summed E-state index contributed by atoms with van der Waals surface area (Å²) in [5, 5.41) is 9.39. The Labute approximate surface area is 492 Å². The maximum atomic E-state index is 7.10. The maximum Gasteiger partial charge on any atom is 0.137 e. The second-order valence-corrected chi connectivity index (χ2v) is 24.7. The van der Waals surface area contributed by atoms with Crippen molar-refractivity contribution in [1.29, 1.82) is 0 Å². The molecule has 0 unspecified atom stereocenters. The molecule has 6 aromatic heterocycles. The zero-order valence-corrected chi connectivity index (χ0v) is 48.3. The van der Waals surface area contributed by atoms with Gasteiger partial charge in [-0.1, -0.05) is 163 Å². The standard InChI is InChI=1S/C78H60N6O/c1-77(2,3)51-39-41-79-73(45-51)83-69-37-31-49(57-25-17-27-63-59-23-13-15-29-67(59)81(75(57)63)53-19-9-7-10-20-53)43-65(69)61-35-33-55(47-71(61)83)85-56-34-36-62-66-44-50(32-38-70(66)84(72(62)48-56)74-46-52(40-42-80-74)78(4,5)6)58-26-18-28-64-60-24-14-16-30-68(60)82(76(58)64)54-21-11-8-12-22-54/h7-48H,1-6H3. The highest BCUT2D eigenvalue weighted by Gasteiger charge is 2.24. The number of hydrogen-bond acceptors (Lipinski definition) is 3. The average Bonchev–Trinajstić information content (AvgIpc) is 1.75. The molecule has 7 nitrogen and oxygen atoms in total. The normalized spacial score (nSPS) is 12.4. The Bertz CT molecular complexity index is 5020. The van der Waals surface area contributed by atoms with Gasteiger partial charge in [0, 0.05) is 90.1 Å². The Balaban J connectivity index is 0.864. The molecule has 408 valence electrons. The Morgan fingerprint density at radius 2 is 0.682 bits per heavy atom. The summed E-state index contributed by atoms with van der Waals surface area (Å²) in [6, 6.07) is 88.0. The summed E-state index contributed by atoms with van der Waals surface area (Å²) in [6.45, 7) is 13.5. The van der Waals surface area contributed by atoms with Gasteiger partial charge in [0.2, 0.25) is 0 Å². The van der Waals surface area contributed by atoms with Gasteiger partial charge in [-0.3, -0.25) is 9.13 Å². The van der Waals surface area contributed by atoms with Crippen molar-refractivity contribution < 1.29 is 4.74 Å². The highest BCUT2D eigenvalue weighted by molar-refractivity contribution is 6.18. The first-order chi connectivity index (χ1) is 41.4. The second kappa shape index (κ2) is 19.0. The van der Waals surface area contributed by atoms with Crippen LogP contribution in [-0.2, 0) is 10.8 Å². The van der Waals surface area contributed by atoms with Gasteiger partial charge in [0.1, 0.15) is 23.1 Å². The summed E-state index contributed by atoms with van der Waals surface area (Å²) in [5.74, 6) is 3.16. The number of rotatable bonds is 8. The molecule has 0 saturated carbocycles. The monoisotopic (exact) mass is 1100 g/mol. The minimum absolute atomic E-state index is 0.0855. The van der Waals surface area contributed by atoms with Crippen molar-refractivity contribution in [1.82, 2.24) is 28.2 Å². The lowest BCUT2D eigenvalue weighted by Crippen LogP contribution is -2.12. The molecule has 16 aromatic rings. The van der Waals surface area contributed by atoms with E-state index >= 15 is 0 Å². The lowest BCUT2D eigenvalue weighted by Gasteiger charge is -2.20. The fourth-order valence-electron chi connectivity index (χ4n) is 13.3. The molecule has 0 bridgehead atoms. The number of aromatic nitrogens is 6. The van der Waals surface area contributed by atoms with Gasteiger partial charge in [-0.25, -0.2) is 9.97 Å². The minimum Gasteiger partial charge on any atom is -0.457 e. The van der Waals surface area contributed by atoms with E-state index in [0.29, 0.717) is 0 Å². The van der Waals surface area contributed by atoms with Crippen LogP contribution >= 0.6 is 0 Å². The zero-order chi connectivity index (χ0) is 57.3. The van der Waals surface area contributed by atoms with E-state index in [1.807, 2.05) is 12.4 Å². The second-order valence-electron chi connectivity index (χ2n) is 24.7. The first kappa shape index (κ1) is 50.2. The fourth-order valence-corrected chi connectivity index (χ4v) is 13.3. The third kappa shape index (κ3) is 8.09. The van der Waals surface area contributed by atoms with Gasteiger partial charge >= 0.3 is 0 Å². The Hall–Kier alpha value is -10.5. The Morgan fingerprint density at radius 1 is 0.294 bits per heavy atom. The number of pyridine rings is 2. The first-order valence-electron chi connectivity index (χ1n) is 29.4. The molecular weight excluding hydrogens is 1040 g/mol. The molecule has 6 heterocycles. The molecule has 0 aliphatic carbocycles. The van der Waals surface area contributed by atoms with Crippen LogP contribution in [0.15, 0.2) is 255 Å². The molecule has 0 aliphatic rings. The number of nitrogens with zero attached hydrogens (tertiary/aromatic N) is 6. The molecular formula is C78H60N6O. The first-order valence-corrected chi connectivity index (χ1v) is 29.4. The van der Waals surface area contributed by atoms with Crippen LogP contribution in [0.2, 0.25) is 0 Å². The third-order valence-corrected chi connectivity index (χ3v) is 17.4. The van der Waals surface area contributed by atoms with E-state index in [1.165, 1.54) is 65.9 Å². The van der Waals surface area contributed by atoms with Crippen LogP contribution in [-0.4, -0.2) is 28.2 Å². The van der Waals surface area contributed by atoms with Gasteiger partial charge in [-0.2, -0.15) is 0 Å². The number of para-hydroxylation sites is 6. The van der Waals surface area contributed by atoms with E-state index in [1.54, 1.807) is 0 Å². The summed E-state index contributed by atoms with van der Waals surface area (Å²) < 4.78 is 16.6. The van der Waals surface area contributed by atoms with Crippen LogP contribution in [0, 0.1) is 0 Å². The van der Waals surface area contributed by atoms with Gasteiger partial charge in [-0.15, -0.1) is 0 Å². The van der Waals surface area contributed by atoms with E-state index in [0.717, 1.165) is 89.2 Å². The van der Waals surface area contributed by atoms with Crippen molar-refractivity contribution in [3.05, 3.63) is 266 Å². The van der Waals surface area contributed by atoms with Crippen LogP contribution in [0.5, 0.6) is 11.5 Å². The van der Waals surface area contributed by atoms with Crippen molar-refractivity contribution in [2.24, 2.45) is 0 Å². The van der Waals surface area contributed by atoms with Crippen LogP contribution in [0.4, 0.5) is 0 Å². The van der Waals surface area contributed by atoms with E-state index in [4.69, 9.17) is 14.7 Å². The Morgan fingerprint density at radius 3 is 1.12 bits per heavy atom. The van der Waals surface area contributed by atoms with E-state index in [9.17, 15) is 0 Å².